The molecule has 3 N–H and O–H groups in total. The number of fused-ring (bicyclic) bond motifs is 7. The van der Waals surface area contributed by atoms with Gasteiger partial charge in [0.25, 0.3) is 6.01 Å². The molecule has 1 saturated heterocycles. The number of alkyl halides is 9. The van der Waals surface area contributed by atoms with Crippen molar-refractivity contribution in [1.82, 2.24) is 24.9 Å². The van der Waals surface area contributed by atoms with Crippen molar-refractivity contribution < 1.29 is 63.1 Å². The van der Waals surface area contributed by atoms with E-state index in [1.54, 1.807) is 18.6 Å². The zero-order chi connectivity index (χ0) is 43.8. The van der Waals surface area contributed by atoms with E-state index >= 15 is 0 Å². The Morgan fingerprint density at radius 2 is 1.62 bits per heavy atom. The molecule has 0 aliphatic carbocycles. The Hall–Kier alpha value is -6.39. The first-order valence-corrected chi connectivity index (χ1v) is 17.7. The second-order valence-corrected chi connectivity index (χ2v) is 13.3. The third-order valence-corrected chi connectivity index (χ3v) is 8.67. The van der Waals surface area contributed by atoms with Gasteiger partial charge in [-0.2, -0.15) is 49.5 Å². The number of hydrogen-bond acceptors (Lipinski definition) is 13. The van der Waals surface area contributed by atoms with E-state index in [9.17, 15) is 53.9 Å². The van der Waals surface area contributed by atoms with Crippen LogP contribution in [0.1, 0.15) is 30.4 Å². The summed E-state index contributed by atoms with van der Waals surface area (Å²) in [5, 5.41) is 10.1. The zero-order valence-corrected chi connectivity index (χ0v) is 31.1. The molecule has 60 heavy (non-hydrogen) atoms. The van der Waals surface area contributed by atoms with Crippen LogP contribution in [0.25, 0.3) is 11.2 Å². The van der Waals surface area contributed by atoms with Crippen molar-refractivity contribution in [3.63, 3.8) is 0 Å². The summed E-state index contributed by atoms with van der Waals surface area (Å²) in [5.41, 5.74) is 5.71. The maximum Gasteiger partial charge on any atom is 0.458 e. The first-order chi connectivity index (χ1) is 28.2. The molecule has 7 rings (SSSR count). The van der Waals surface area contributed by atoms with Crippen LogP contribution >= 0.6 is 11.6 Å². The predicted octanol–water partition coefficient (Wildman–Crippen LogP) is 7.89. The number of pyridine rings is 2. The summed E-state index contributed by atoms with van der Waals surface area (Å²) in [7, 11) is 0. The maximum atomic E-state index is 13.3. The van der Waals surface area contributed by atoms with Gasteiger partial charge >= 0.3 is 30.1 Å². The van der Waals surface area contributed by atoms with Crippen LogP contribution < -0.4 is 20.9 Å². The normalized spacial score (nSPS) is 15.2. The van der Waals surface area contributed by atoms with Crippen LogP contribution in [0, 0.1) is 5.92 Å². The Balaban J connectivity index is 0.000000319. The van der Waals surface area contributed by atoms with Crippen LogP contribution in [0.15, 0.2) is 65.6 Å². The van der Waals surface area contributed by atoms with E-state index in [1.165, 1.54) is 0 Å². The van der Waals surface area contributed by atoms with Gasteiger partial charge in [-0.25, -0.2) is 9.97 Å². The molecule has 6 bridgehead atoms. The van der Waals surface area contributed by atoms with E-state index in [0.29, 0.717) is 47.9 Å². The first-order valence-electron chi connectivity index (χ1n) is 17.3. The number of halogens is 10. The minimum absolute atomic E-state index is 0.0164. The summed E-state index contributed by atoms with van der Waals surface area (Å²) < 4.78 is 104. The number of amides is 1. The number of Topliss-reactive ketones (excluding diaryl/α,β-unsaturated/α-hetero) is 2. The fourth-order valence-corrected chi connectivity index (χ4v) is 5.91. The van der Waals surface area contributed by atoms with Gasteiger partial charge in [-0.1, -0.05) is 11.6 Å². The van der Waals surface area contributed by atoms with E-state index in [-0.39, 0.29) is 11.8 Å². The zero-order valence-electron chi connectivity index (χ0n) is 30.4. The third-order valence-electron chi connectivity index (χ3n) is 8.39. The molecule has 5 aromatic rings. The van der Waals surface area contributed by atoms with Gasteiger partial charge < -0.3 is 25.3 Å². The van der Waals surface area contributed by atoms with Crippen molar-refractivity contribution in [2.75, 3.05) is 33.9 Å². The average molecular weight is 874 g/mol. The largest absolute Gasteiger partial charge is 0.458 e. The van der Waals surface area contributed by atoms with Crippen molar-refractivity contribution in [3.05, 3.63) is 77.3 Å². The molecule has 4 aromatic heterocycles. The number of aldehydes is 1. The number of nitrogens with one attached hydrogen (secondary N) is 3. The number of nitrogens with zero attached hydrogens (tertiary/aromatic N) is 6. The molecule has 1 fully saturated rings. The molecule has 24 heteroatoms. The minimum atomic E-state index is -5.77. The fourth-order valence-electron chi connectivity index (χ4n) is 5.77. The van der Waals surface area contributed by atoms with Gasteiger partial charge in [0.2, 0.25) is 23.9 Å². The summed E-state index contributed by atoms with van der Waals surface area (Å²) in [6, 6.07) is 12.2. The molecule has 318 valence electrons. The van der Waals surface area contributed by atoms with Crippen molar-refractivity contribution in [1.29, 1.82) is 0 Å². The average Bonchev–Trinajstić information content (AvgIpc) is 3.63. The van der Waals surface area contributed by atoms with Gasteiger partial charge in [0.05, 0.1) is 18.1 Å². The number of piperidine rings is 1. The maximum absolute atomic E-state index is 13.3. The molecule has 0 radical (unpaired) electrons. The van der Waals surface area contributed by atoms with Crippen LogP contribution in [0.2, 0.25) is 5.02 Å². The van der Waals surface area contributed by atoms with E-state index in [2.05, 4.69) is 45.8 Å². The predicted molar refractivity (Wildman–Crippen MR) is 196 cm³/mol. The lowest BCUT2D eigenvalue weighted by Crippen LogP contribution is -2.39. The first kappa shape index (κ1) is 44.7. The SMILES string of the molecule is O=C(C(=O)C(F)(F)F)C(F)(F)F.O=C(C[C@@H]1CCCN(c2nc3cccnc3o2)C1)Nc1ccc2cc1CCc1cncc(c1)Nc1ncc(Cl)c(n1)N2.O=CC(F)(F)F. The molecule has 1 aromatic carbocycles. The summed E-state index contributed by atoms with van der Waals surface area (Å²) in [6.45, 7) is 1.54. The lowest BCUT2D eigenvalue weighted by atomic mass is 9.94. The van der Waals surface area contributed by atoms with Crippen LogP contribution in [0.5, 0.6) is 0 Å². The number of rotatable bonds is 5. The van der Waals surface area contributed by atoms with Gasteiger partial charge in [0.15, 0.2) is 5.82 Å². The van der Waals surface area contributed by atoms with Crippen molar-refractivity contribution in [2.45, 2.75) is 50.6 Å². The molecular formula is C36H29ClF9N9O5. The van der Waals surface area contributed by atoms with Gasteiger partial charge in [-0.3, -0.25) is 24.2 Å². The third kappa shape index (κ3) is 12.6. The van der Waals surface area contributed by atoms with Crippen molar-refractivity contribution in [2.24, 2.45) is 5.92 Å². The highest BCUT2D eigenvalue weighted by Gasteiger charge is 2.54. The number of carbonyl (C=O) groups excluding carboxylic acids is 4. The van der Waals surface area contributed by atoms with Gasteiger partial charge in [-0.05, 0) is 79.1 Å². The van der Waals surface area contributed by atoms with Gasteiger partial charge in [0.1, 0.15) is 10.5 Å². The second-order valence-electron chi connectivity index (χ2n) is 12.9. The molecule has 14 nitrogen and oxygen atoms in total. The summed E-state index contributed by atoms with van der Waals surface area (Å²) in [6.07, 6.45) is -6.63. The topological polar surface area (TPSA) is 185 Å². The quantitative estimate of drug-likeness (QED) is 0.0881. The Kier molecular flexibility index (Phi) is 13.9. The van der Waals surface area contributed by atoms with E-state index < -0.39 is 36.4 Å². The molecule has 1 atom stereocenters. The summed E-state index contributed by atoms with van der Waals surface area (Å²) in [5.74, 6) is -5.75. The molecule has 0 unspecified atom stereocenters. The minimum Gasteiger partial charge on any atom is -0.404 e. The number of ketones is 2. The molecule has 0 saturated carbocycles. The Bertz CT molecular complexity index is 2300. The van der Waals surface area contributed by atoms with E-state index in [0.717, 1.165) is 59.5 Å². The molecule has 0 spiro atoms. The molecular weight excluding hydrogens is 845 g/mol. The number of hydrogen-bond donors (Lipinski definition) is 3. The lowest BCUT2D eigenvalue weighted by Gasteiger charge is -2.31. The summed E-state index contributed by atoms with van der Waals surface area (Å²) in [4.78, 5) is 65.4. The molecule has 1 amide bonds. The van der Waals surface area contributed by atoms with Crippen LogP contribution in [0.4, 0.5) is 74.4 Å². The van der Waals surface area contributed by atoms with Gasteiger partial charge in [-0.15, -0.1) is 0 Å². The summed E-state index contributed by atoms with van der Waals surface area (Å²) >= 11 is 6.39. The second kappa shape index (κ2) is 18.7. The number of oxazole rings is 1. The highest BCUT2D eigenvalue weighted by Crippen LogP contribution is 2.31. The molecule has 2 aliphatic rings. The Morgan fingerprint density at radius 1 is 0.900 bits per heavy atom. The number of carbonyl (C=O) groups is 4. The highest BCUT2D eigenvalue weighted by molar-refractivity contribution is 6.41. The highest BCUT2D eigenvalue weighted by atomic mass is 35.5. The molecule has 6 heterocycles. The van der Waals surface area contributed by atoms with Crippen molar-refractivity contribution >= 4 is 81.4 Å². The van der Waals surface area contributed by atoms with E-state index in [4.69, 9.17) is 20.8 Å². The number of aromatic nitrogens is 5. The monoisotopic (exact) mass is 873 g/mol. The Labute approximate surface area is 336 Å². The smallest absolute Gasteiger partial charge is 0.404 e. The lowest BCUT2D eigenvalue weighted by molar-refractivity contribution is -0.193. The number of anilines is 6. The van der Waals surface area contributed by atoms with Crippen LogP contribution in [0.3, 0.4) is 0 Å². The van der Waals surface area contributed by atoms with Crippen LogP contribution in [-0.4, -0.2) is 80.3 Å². The number of benzene rings is 1. The van der Waals surface area contributed by atoms with Crippen molar-refractivity contribution in [3.8, 4) is 0 Å². The fraction of sp³-hybridized carbons (Fsp3) is 0.306. The molecule has 2 aliphatic heterocycles. The van der Waals surface area contributed by atoms with Gasteiger partial charge in [0, 0.05) is 43.3 Å². The standard InChI is InChI=1S/C30H28ClN9O2.C4F6O2.C2HF3O/c31-23-16-34-29-36-22-11-18(14-32-15-22)5-6-20-13-21(35-27(23)39-29)7-8-24(20)37-26(41)12-19-3-2-10-40(17-19)30-38-25-4-1-9-33-28(25)42-30;5-3(6,7)1(11)2(12)4(8,9)10;3-2(4,5)1-6/h1,4,7-9,11,13-16,19H,2-3,5-6,10,12,17H2,(H,37,41)(H2,34,35,36,39);;1H/t19-;;/m0../s1. The Morgan fingerprint density at radius 3 is 2.28 bits per heavy atom. The van der Waals surface area contributed by atoms with Crippen LogP contribution in [-0.2, 0) is 32.0 Å². The number of aryl methyl sites for hydroxylation is 2. The van der Waals surface area contributed by atoms with E-state index in [1.807, 2.05) is 42.6 Å².